The summed E-state index contributed by atoms with van der Waals surface area (Å²) in [7, 11) is 0. The zero-order valence-electron chi connectivity index (χ0n) is 21.3. The van der Waals surface area contributed by atoms with E-state index in [4.69, 9.17) is 0 Å². The van der Waals surface area contributed by atoms with Gasteiger partial charge in [-0.05, 0) is 86.1 Å². The lowest BCUT2D eigenvalue weighted by molar-refractivity contribution is 0.0621. The molecular weight excluding hydrogens is 440 g/mol. The van der Waals surface area contributed by atoms with Gasteiger partial charge in [0, 0.05) is 30.7 Å². The lowest BCUT2D eigenvalue weighted by Crippen LogP contribution is -2.48. The van der Waals surface area contributed by atoms with Gasteiger partial charge in [0.1, 0.15) is 0 Å². The Hall–Kier alpha value is -2.91. The predicted octanol–water partition coefficient (Wildman–Crippen LogP) is 6.66. The van der Waals surface area contributed by atoms with Gasteiger partial charge in [0.15, 0.2) is 0 Å². The van der Waals surface area contributed by atoms with Crippen LogP contribution in [0.25, 0.3) is 0 Å². The molecule has 0 radical (unpaired) electrons. The lowest BCUT2D eigenvalue weighted by Gasteiger charge is -2.45. The van der Waals surface area contributed by atoms with Gasteiger partial charge in [0.25, 0.3) is 5.91 Å². The average molecular weight is 479 g/mol. The highest BCUT2D eigenvalue weighted by atomic mass is 16.2. The maximum absolute atomic E-state index is 13.1. The minimum Gasteiger partial charge on any atom is -0.339 e. The molecule has 3 aromatic rings. The molecule has 3 nitrogen and oxygen atoms in total. The fourth-order valence-corrected chi connectivity index (χ4v) is 7.36. The standard InChI is InChI=1S/C33H38N2O/c36-32(27-12-6-2-7-13-27)34-21-18-33(19-22-34,29-14-8-3-9-15-29)20-23-35-30-16-17-31(35)25-28(24-30)26-10-4-1-5-11-26/h1-15,28,30-31H,16-25H2/t28?,30-,31+. The van der Waals surface area contributed by atoms with Crippen LogP contribution in [-0.2, 0) is 5.41 Å². The number of nitrogens with zero attached hydrogens (tertiary/aromatic N) is 2. The molecule has 3 saturated heterocycles. The van der Waals surface area contributed by atoms with Gasteiger partial charge < -0.3 is 4.90 Å². The maximum Gasteiger partial charge on any atom is 0.253 e. The molecule has 0 spiro atoms. The normalized spacial score (nSPS) is 25.6. The molecule has 3 aromatic carbocycles. The smallest absolute Gasteiger partial charge is 0.253 e. The van der Waals surface area contributed by atoms with Crippen molar-refractivity contribution in [3.8, 4) is 0 Å². The molecule has 0 aromatic heterocycles. The molecule has 2 bridgehead atoms. The van der Waals surface area contributed by atoms with Gasteiger partial charge in [0.05, 0.1) is 0 Å². The summed E-state index contributed by atoms with van der Waals surface area (Å²) in [6, 6.07) is 33.6. The predicted molar refractivity (Wildman–Crippen MR) is 146 cm³/mol. The number of likely N-dealkylation sites (tertiary alicyclic amines) is 1. The molecule has 186 valence electrons. The van der Waals surface area contributed by atoms with E-state index in [2.05, 4.69) is 70.5 Å². The second-order valence-corrected chi connectivity index (χ2v) is 11.3. The van der Waals surface area contributed by atoms with Crippen LogP contribution in [0.3, 0.4) is 0 Å². The van der Waals surface area contributed by atoms with Crippen LogP contribution in [0, 0.1) is 0 Å². The highest BCUT2D eigenvalue weighted by Crippen LogP contribution is 2.45. The van der Waals surface area contributed by atoms with Crippen LogP contribution in [0.15, 0.2) is 91.0 Å². The van der Waals surface area contributed by atoms with Crippen LogP contribution in [-0.4, -0.2) is 47.4 Å². The van der Waals surface area contributed by atoms with Crippen molar-refractivity contribution in [1.82, 2.24) is 9.80 Å². The number of hydrogen-bond acceptors (Lipinski definition) is 2. The van der Waals surface area contributed by atoms with Gasteiger partial charge in [-0.2, -0.15) is 0 Å². The summed E-state index contributed by atoms with van der Waals surface area (Å²) in [5.41, 5.74) is 3.96. The van der Waals surface area contributed by atoms with E-state index in [1.54, 1.807) is 0 Å². The third kappa shape index (κ3) is 4.62. The summed E-state index contributed by atoms with van der Waals surface area (Å²) in [6.45, 7) is 2.86. The van der Waals surface area contributed by atoms with Crippen LogP contribution in [0.1, 0.15) is 72.3 Å². The largest absolute Gasteiger partial charge is 0.339 e. The number of fused-ring (bicyclic) bond motifs is 2. The van der Waals surface area contributed by atoms with E-state index >= 15 is 0 Å². The van der Waals surface area contributed by atoms with Gasteiger partial charge in [-0.15, -0.1) is 0 Å². The third-order valence-corrected chi connectivity index (χ3v) is 9.42. The average Bonchev–Trinajstić information content (AvgIpc) is 3.19. The summed E-state index contributed by atoms with van der Waals surface area (Å²) in [4.78, 5) is 18.1. The van der Waals surface area contributed by atoms with Gasteiger partial charge in [-0.1, -0.05) is 78.9 Å². The van der Waals surface area contributed by atoms with E-state index < -0.39 is 0 Å². The number of benzene rings is 3. The molecule has 6 rings (SSSR count). The Morgan fingerprint density at radius 3 is 1.92 bits per heavy atom. The highest BCUT2D eigenvalue weighted by Gasteiger charge is 2.43. The summed E-state index contributed by atoms with van der Waals surface area (Å²) in [6.07, 6.45) is 8.60. The van der Waals surface area contributed by atoms with Gasteiger partial charge >= 0.3 is 0 Å². The third-order valence-electron chi connectivity index (χ3n) is 9.42. The fraction of sp³-hybridized carbons (Fsp3) is 0.424. The van der Waals surface area contributed by atoms with Crippen molar-refractivity contribution < 1.29 is 4.79 Å². The van der Waals surface area contributed by atoms with Crippen molar-refractivity contribution in [2.75, 3.05) is 19.6 Å². The van der Waals surface area contributed by atoms with E-state index in [0.29, 0.717) is 0 Å². The first-order chi connectivity index (χ1) is 17.7. The molecule has 0 N–H and O–H groups in total. The lowest BCUT2D eigenvalue weighted by atomic mass is 9.70. The van der Waals surface area contributed by atoms with Gasteiger partial charge in [0.2, 0.25) is 0 Å². The van der Waals surface area contributed by atoms with E-state index in [1.807, 2.05) is 30.3 Å². The molecule has 3 aliphatic rings. The number of carbonyl (C=O) groups excluding carboxylic acids is 1. The maximum atomic E-state index is 13.1. The van der Waals surface area contributed by atoms with Crippen LogP contribution in [0.5, 0.6) is 0 Å². The molecule has 0 aliphatic carbocycles. The van der Waals surface area contributed by atoms with Crippen LogP contribution in [0.4, 0.5) is 0 Å². The molecule has 1 amide bonds. The first kappa shape index (κ1) is 23.5. The summed E-state index contributed by atoms with van der Waals surface area (Å²) in [5.74, 6) is 0.897. The van der Waals surface area contributed by atoms with Crippen molar-refractivity contribution in [2.24, 2.45) is 0 Å². The molecule has 0 saturated carbocycles. The summed E-state index contributed by atoms with van der Waals surface area (Å²) in [5, 5.41) is 0. The quantitative estimate of drug-likeness (QED) is 0.395. The molecule has 3 aliphatic heterocycles. The van der Waals surface area contributed by atoms with Crippen LogP contribution in [0.2, 0.25) is 0 Å². The molecule has 1 unspecified atom stereocenters. The van der Waals surface area contributed by atoms with E-state index in [0.717, 1.165) is 49.5 Å². The second-order valence-electron chi connectivity index (χ2n) is 11.3. The van der Waals surface area contributed by atoms with E-state index in [9.17, 15) is 4.79 Å². The van der Waals surface area contributed by atoms with Crippen molar-refractivity contribution >= 4 is 5.91 Å². The Morgan fingerprint density at radius 2 is 1.31 bits per heavy atom. The van der Waals surface area contributed by atoms with Gasteiger partial charge in [-0.25, -0.2) is 0 Å². The number of piperidine rings is 2. The number of hydrogen-bond donors (Lipinski definition) is 0. The van der Waals surface area contributed by atoms with Gasteiger partial charge in [-0.3, -0.25) is 9.69 Å². The molecular formula is C33H38N2O. The molecule has 36 heavy (non-hydrogen) atoms. The van der Waals surface area contributed by atoms with Crippen molar-refractivity contribution in [3.05, 3.63) is 108 Å². The number of amides is 1. The SMILES string of the molecule is O=C(c1ccccc1)N1CCC(CCN2[C@@H]3CC[C@H]2CC(c2ccccc2)C3)(c2ccccc2)CC1. The highest BCUT2D eigenvalue weighted by molar-refractivity contribution is 5.94. The van der Waals surface area contributed by atoms with Crippen LogP contribution >= 0.6 is 0 Å². The van der Waals surface area contributed by atoms with Crippen molar-refractivity contribution in [2.45, 2.75) is 68.4 Å². The monoisotopic (exact) mass is 478 g/mol. The summed E-state index contributed by atoms with van der Waals surface area (Å²) < 4.78 is 0. The summed E-state index contributed by atoms with van der Waals surface area (Å²) >= 11 is 0. The molecule has 3 atom stereocenters. The Balaban J connectivity index is 1.15. The van der Waals surface area contributed by atoms with Crippen molar-refractivity contribution in [3.63, 3.8) is 0 Å². The Kier molecular flexibility index (Phi) is 6.67. The van der Waals surface area contributed by atoms with Crippen LogP contribution < -0.4 is 0 Å². The molecule has 3 heteroatoms. The number of carbonyl (C=O) groups is 1. The van der Waals surface area contributed by atoms with E-state index in [-0.39, 0.29) is 11.3 Å². The first-order valence-corrected chi connectivity index (χ1v) is 13.9. The Bertz CT molecular complexity index is 1120. The zero-order chi connectivity index (χ0) is 24.4. The minimum absolute atomic E-state index is 0.157. The fourth-order valence-electron chi connectivity index (χ4n) is 7.36. The topological polar surface area (TPSA) is 23.6 Å². The Labute approximate surface area is 216 Å². The molecule has 3 heterocycles. The second kappa shape index (κ2) is 10.2. The number of rotatable bonds is 6. The van der Waals surface area contributed by atoms with Crippen molar-refractivity contribution in [1.29, 1.82) is 0 Å². The van der Waals surface area contributed by atoms with E-state index in [1.165, 1.54) is 49.8 Å². The minimum atomic E-state index is 0.157. The Morgan fingerprint density at radius 1 is 0.750 bits per heavy atom. The molecule has 3 fully saturated rings. The first-order valence-electron chi connectivity index (χ1n) is 13.9. The zero-order valence-corrected chi connectivity index (χ0v) is 21.3.